The molecule has 7 heteroatoms. The summed E-state index contributed by atoms with van der Waals surface area (Å²) in [5.74, 6) is 6.95. The number of ether oxygens (including phenoxy) is 1. The normalized spacial score (nSPS) is 21.3. The van der Waals surface area contributed by atoms with Crippen LogP contribution in [0.5, 0.6) is 0 Å². The molecule has 181 valence electrons. The summed E-state index contributed by atoms with van der Waals surface area (Å²) in [6.45, 7) is 2.61. The molecule has 0 bridgehead atoms. The maximum Gasteiger partial charge on any atom is 0.138 e. The molecule has 2 aromatic carbocycles. The number of benzene rings is 2. The number of aliphatic hydroxyl groups is 3. The van der Waals surface area contributed by atoms with Crippen LogP contribution in [0, 0.1) is 17.3 Å². The first-order chi connectivity index (χ1) is 17.0. The van der Waals surface area contributed by atoms with Gasteiger partial charge in [-0.15, -0.1) is 0 Å². The van der Waals surface area contributed by atoms with Crippen molar-refractivity contribution >= 4 is 10.2 Å². The highest BCUT2D eigenvalue weighted by molar-refractivity contribution is 6.09. The average Bonchev–Trinajstić information content (AvgIpc) is 3.50. The van der Waals surface area contributed by atoms with Crippen LogP contribution in [-0.4, -0.2) is 61.0 Å². The molecule has 1 saturated heterocycles. The Morgan fingerprint density at radius 3 is 2.43 bits per heavy atom. The van der Waals surface area contributed by atoms with E-state index in [0.29, 0.717) is 31.5 Å². The summed E-state index contributed by atoms with van der Waals surface area (Å²) < 4.78 is 7.32. The number of imidazole rings is 1. The van der Waals surface area contributed by atoms with E-state index in [2.05, 4.69) is 51.3 Å². The lowest BCUT2D eigenvalue weighted by Crippen LogP contribution is -2.35. The van der Waals surface area contributed by atoms with Gasteiger partial charge >= 0.3 is 0 Å². The molecule has 0 aliphatic carbocycles. The number of rotatable bonds is 8. The van der Waals surface area contributed by atoms with Gasteiger partial charge in [-0.25, -0.2) is 4.98 Å². The fourth-order valence-corrected chi connectivity index (χ4v) is 4.96. The third-order valence-electron chi connectivity index (χ3n) is 6.65. The Morgan fingerprint density at radius 2 is 1.86 bits per heavy atom. The molecule has 4 rings (SSSR count). The molecule has 0 saturated carbocycles. The van der Waals surface area contributed by atoms with Gasteiger partial charge in [0.2, 0.25) is 0 Å². The minimum Gasteiger partial charge on any atom is -0.396 e. The van der Waals surface area contributed by atoms with E-state index in [-0.39, 0.29) is 18.1 Å². The molecule has 4 atom stereocenters. The standard InChI is InChI=1S/C28H31N2O4Si/c1-20(32)27-29-13-14-30(27)25(12-15-31)11-6-21-2-7-23(8-3-21)24-9-4-22(5-10-24)16-28(19-35)18-34-17-26(28)33/h2-5,7-10,13-14,20,25-26,31-33H,12,15-19H2,1H3/t20-,25-,26-,28?/m0/s1. The van der Waals surface area contributed by atoms with E-state index in [1.807, 2.05) is 28.8 Å². The zero-order valence-electron chi connectivity index (χ0n) is 19.9. The van der Waals surface area contributed by atoms with Gasteiger partial charge in [-0.05, 0) is 42.2 Å². The van der Waals surface area contributed by atoms with E-state index in [1.165, 1.54) is 5.56 Å². The van der Waals surface area contributed by atoms with Crippen LogP contribution in [0.4, 0.5) is 0 Å². The number of aliphatic hydroxyl groups excluding tert-OH is 3. The Morgan fingerprint density at radius 1 is 1.17 bits per heavy atom. The van der Waals surface area contributed by atoms with Gasteiger partial charge in [-0.3, -0.25) is 0 Å². The van der Waals surface area contributed by atoms with Gasteiger partial charge in [0.05, 0.1) is 25.4 Å². The molecular weight excluding hydrogens is 456 g/mol. The monoisotopic (exact) mass is 487 g/mol. The van der Waals surface area contributed by atoms with Gasteiger partial charge in [0.15, 0.2) is 0 Å². The minimum absolute atomic E-state index is 0.00560. The predicted octanol–water partition coefficient (Wildman–Crippen LogP) is 3.09. The molecule has 3 N–H and O–H groups in total. The number of aromatic nitrogens is 2. The lowest BCUT2D eigenvalue weighted by atomic mass is 9.80. The van der Waals surface area contributed by atoms with Gasteiger partial charge in [0, 0.05) is 46.6 Å². The second-order valence-electron chi connectivity index (χ2n) is 9.19. The summed E-state index contributed by atoms with van der Waals surface area (Å²) in [5, 5.41) is 29.8. The van der Waals surface area contributed by atoms with Gasteiger partial charge in [0.1, 0.15) is 11.9 Å². The average molecular weight is 488 g/mol. The molecule has 0 amide bonds. The molecule has 3 aromatic rings. The highest BCUT2D eigenvalue weighted by Gasteiger charge is 2.41. The van der Waals surface area contributed by atoms with E-state index in [0.717, 1.165) is 23.1 Å². The van der Waals surface area contributed by atoms with Crippen molar-refractivity contribution in [3.05, 3.63) is 77.9 Å². The zero-order chi connectivity index (χ0) is 24.8. The molecule has 6 nitrogen and oxygen atoms in total. The van der Waals surface area contributed by atoms with Crippen molar-refractivity contribution in [3.63, 3.8) is 0 Å². The molecule has 1 aliphatic heterocycles. The molecular formula is C28H31N2O4Si. The minimum atomic E-state index is -0.708. The number of hydrogen-bond acceptors (Lipinski definition) is 5. The Kier molecular flexibility index (Phi) is 8.21. The quantitative estimate of drug-likeness (QED) is 0.336. The van der Waals surface area contributed by atoms with Gasteiger partial charge < -0.3 is 24.6 Å². The summed E-state index contributed by atoms with van der Waals surface area (Å²) in [7, 11) is 3.61. The lowest BCUT2D eigenvalue weighted by molar-refractivity contribution is 0.0820. The van der Waals surface area contributed by atoms with E-state index in [4.69, 9.17) is 4.74 Å². The SMILES string of the molecule is C[C@H](O)c1nccn1[C@@H](C#Cc1ccc(-c2ccc(CC3(C[Si])COC[C@@H]3O)cc2)cc1)CCO. The van der Waals surface area contributed by atoms with Crippen LogP contribution in [-0.2, 0) is 11.2 Å². The summed E-state index contributed by atoms with van der Waals surface area (Å²) >= 11 is 0. The van der Waals surface area contributed by atoms with E-state index in [9.17, 15) is 15.3 Å². The van der Waals surface area contributed by atoms with Gasteiger partial charge in [0.25, 0.3) is 0 Å². The summed E-state index contributed by atoms with van der Waals surface area (Å²) in [6.07, 6.45) is 3.46. The van der Waals surface area contributed by atoms with E-state index >= 15 is 0 Å². The van der Waals surface area contributed by atoms with E-state index in [1.54, 1.807) is 19.3 Å². The largest absolute Gasteiger partial charge is 0.396 e. The van der Waals surface area contributed by atoms with Crippen LogP contribution in [0.25, 0.3) is 11.1 Å². The zero-order valence-corrected chi connectivity index (χ0v) is 20.9. The van der Waals surface area contributed by atoms with Crippen LogP contribution < -0.4 is 0 Å². The van der Waals surface area contributed by atoms with Crippen molar-refractivity contribution in [1.82, 2.24) is 9.55 Å². The Labute approximate surface area is 210 Å². The number of hydrogen-bond donors (Lipinski definition) is 3. The maximum absolute atomic E-state index is 10.4. The topological polar surface area (TPSA) is 87.7 Å². The Balaban J connectivity index is 1.46. The summed E-state index contributed by atoms with van der Waals surface area (Å²) in [6, 6.07) is 16.9. The summed E-state index contributed by atoms with van der Waals surface area (Å²) in [5.41, 5.74) is 3.98. The van der Waals surface area contributed by atoms with Gasteiger partial charge in [-0.2, -0.15) is 0 Å². The van der Waals surface area contributed by atoms with Crippen molar-refractivity contribution in [2.75, 3.05) is 19.8 Å². The van der Waals surface area contributed by atoms with Crippen molar-refractivity contribution in [1.29, 1.82) is 0 Å². The van der Waals surface area contributed by atoms with Crippen molar-refractivity contribution in [3.8, 4) is 23.0 Å². The fourth-order valence-electron chi connectivity index (χ4n) is 4.50. The van der Waals surface area contributed by atoms with Crippen LogP contribution in [0.2, 0.25) is 6.04 Å². The molecule has 3 radical (unpaired) electrons. The molecule has 1 fully saturated rings. The fraction of sp³-hybridized carbons (Fsp3) is 0.393. The van der Waals surface area contributed by atoms with E-state index < -0.39 is 12.2 Å². The highest BCUT2D eigenvalue weighted by atomic mass is 28.1. The van der Waals surface area contributed by atoms with Crippen molar-refractivity contribution in [2.45, 2.75) is 44.1 Å². The summed E-state index contributed by atoms with van der Waals surface area (Å²) in [4.78, 5) is 4.21. The first-order valence-corrected chi connectivity index (χ1v) is 12.6. The molecule has 0 spiro atoms. The van der Waals surface area contributed by atoms with Crippen LogP contribution in [0.15, 0.2) is 60.9 Å². The maximum atomic E-state index is 10.4. The molecule has 1 aromatic heterocycles. The molecule has 1 unspecified atom stereocenters. The first-order valence-electron chi connectivity index (χ1n) is 11.9. The first kappa shape index (κ1) is 25.4. The van der Waals surface area contributed by atoms with Crippen LogP contribution >= 0.6 is 0 Å². The highest BCUT2D eigenvalue weighted by Crippen LogP contribution is 2.36. The van der Waals surface area contributed by atoms with Crippen LogP contribution in [0.3, 0.4) is 0 Å². The molecule has 2 heterocycles. The Hall–Kier alpha value is -2.73. The van der Waals surface area contributed by atoms with Crippen LogP contribution in [0.1, 0.15) is 42.4 Å². The third kappa shape index (κ3) is 5.75. The second-order valence-corrected chi connectivity index (χ2v) is 9.54. The molecule has 35 heavy (non-hydrogen) atoms. The van der Waals surface area contributed by atoms with Gasteiger partial charge in [-0.1, -0.05) is 54.3 Å². The predicted molar refractivity (Wildman–Crippen MR) is 136 cm³/mol. The number of nitrogens with zero attached hydrogens (tertiary/aromatic N) is 2. The van der Waals surface area contributed by atoms with Crippen molar-refractivity contribution < 1.29 is 20.1 Å². The van der Waals surface area contributed by atoms with Crippen molar-refractivity contribution in [2.24, 2.45) is 5.41 Å². The second kappa shape index (κ2) is 11.3. The molecule has 1 aliphatic rings. The Bertz CT molecular complexity index is 1160. The smallest absolute Gasteiger partial charge is 0.138 e. The lowest BCUT2D eigenvalue weighted by Gasteiger charge is -2.29. The third-order valence-corrected chi connectivity index (χ3v) is 7.35.